The van der Waals surface area contributed by atoms with Crippen LogP contribution >= 0.6 is 11.3 Å². The summed E-state index contributed by atoms with van der Waals surface area (Å²) in [6.45, 7) is 1.13. The van der Waals surface area contributed by atoms with Crippen molar-refractivity contribution in [2.24, 2.45) is 0 Å². The fourth-order valence-corrected chi connectivity index (χ4v) is 4.08. The van der Waals surface area contributed by atoms with Crippen LogP contribution in [-0.2, 0) is 17.8 Å². The molecule has 33 heavy (non-hydrogen) atoms. The molecule has 4 rings (SSSR count). The van der Waals surface area contributed by atoms with Crippen LogP contribution in [0.15, 0.2) is 78.3 Å². The first-order valence-corrected chi connectivity index (χ1v) is 11.4. The van der Waals surface area contributed by atoms with Gasteiger partial charge in [0, 0.05) is 19.3 Å². The van der Waals surface area contributed by atoms with Crippen molar-refractivity contribution in [2.45, 2.75) is 13.0 Å². The number of amides is 2. The first kappa shape index (κ1) is 22.4. The summed E-state index contributed by atoms with van der Waals surface area (Å²) < 4.78 is 14.7. The van der Waals surface area contributed by atoms with Gasteiger partial charge in [0.25, 0.3) is 5.91 Å². The number of aromatic nitrogens is 2. The average molecular weight is 463 g/mol. The van der Waals surface area contributed by atoms with Crippen LogP contribution < -0.4 is 10.6 Å². The zero-order valence-electron chi connectivity index (χ0n) is 17.8. The maximum absolute atomic E-state index is 13.0. The van der Waals surface area contributed by atoms with Crippen molar-refractivity contribution in [3.05, 3.63) is 101 Å². The van der Waals surface area contributed by atoms with E-state index in [-0.39, 0.29) is 37.1 Å². The van der Waals surface area contributed by atoms with Gasteiger partial charge in [-0.1, -0.05) is 48.5 Å². The van der Waals surface area contributed by atoms with E-state index in [1.54, 1.807) is 23.0 Å². The molecule has 0 atom stereocenters. The van der Waals surface area contributed by atoms with Crippen molar-refractivity contribution >= 4 is 23.2 Å². The van der Waals surface area contributed by atoms with Gasteiger partial charge in [-0.2, -0.15) is 5.10 Å². The molecule has 0 aliphatic rings. The second-order valence-electron chi connectivity index (χ2n) is 7.46. The second-order valence-corrected chi connectivity index (χ2v) is 8.41. The van der Waals surface area contributed by atoms with Gasteiger partial charge in [-0.15, -0.1) is 11.3 Å². The Morgan fingerprint density at radius 3 is 2.39 bits per heavy atom. The number of halogens is 1. The van der Waals surface area contributed by atoms with Crippen molar-refractivity contribution in [1.29, 1.82) is 0 Å². The average Bonchev–Trinajstić information content (AvgIpc) is 3.49. The number of rotatable bonds is 9. The number of benzene rings is 2. The van der Waals surface area contributed by atoms with Crippen LogP contribution in [-0.4, -0.2) is 34.7 Å². The third kappa shape index (κ3) is 6.14. The van der Waals surface area contributed by atoms with Crippen LogP contribution in [0.3, 0.4) is 0 Å². The highest BCUT2D eigenvalue weighted by atomic mass is 32.1. The highest BCUT2D eigenvalue weighted by molar-refractivity contribution is 7.13. The van der Waals surface area contributed by atoms with Gasteiger partial charge in [-0.25, -0.2) is 4.39 Å². The number of carbonyl (C=O) groups is 2. The van der Waals surface area contributed by atoms with Gasteiger partial charge < -0.3 is 10.6 Å². The molecule has 0 aliphatic carbocycles. The Hall–Kier alpha value is -3.78. The number of thiophene rings is 1. The Morgan fingerprint density at radius 2 is 1.67 bits per heavy atom. The molecular formula is C25H23FN4O2S. The normalized spacial score (nSPS) is 10.7. The lowest BCUT2D eigenvalue weighted by molar-refractivity contribution is -0.120. The summed E-state index contributed by atoms with van der Waals surface area (Å²) in [5, 5.41) is 12.2. The smallest absolute Gasteiger partial charge is 0.255 e. The van der Waals surface area contributed by atoms with E-state index in [0.29, 0.717) is 17.8 Å². The Morgan fingerprint density at radius 1 is 0.909 bits per heavy atom. The predicted octanol–water partition coefficient (Wildman–Crippen LogP) is 3.89. The molecule has 168 valence electrons. The van der Waals surface area contributed by atoms with Gasteiger partial charge in [-0.3, -0.25) is 14.3 Å². The molecule has 0 fully saturated rings. The molecular weight excluding hydrogens is 439 g/mol. The molecule has 2 aromatic heterocycles. The fourth-order valence-electron chi connectivity index (χ4n) is 3.36. The molecule has 2 N–H and O–H groups in total. The summed E-state index contributed by atoms with van der Waals surface area (Å²) in [4.78, 5) is 25.9. The van der Waals surface area contributed by atoms with Gasteiger partial charge >= 0.3 is 0 Å². The van der Waals surface area contributed by atoms with E-state index >= 15 is 0 Å². The lowest BCUT2D eigenvalue weighted by Crippen LogP contribution is -2.35. The summed E-state index contributed by atoms with van der Waals surface area (Å²) >= 11 is 1.52. The van der Waals surface area contributed by atoms with Crippen molar-refractivity contribution in [3.63, 3.8) is 0 Å². The van der Waals surface area contributed by atoms with Crippen molar-refractivity contribution in [3.8, 4) is 10.6 Å². The van der Waals surface area contributed by atoms with Crippen molar-refractivity contribution in [1.82, 2.24) is 20.4 Å². The van der Waals surface area contributed by atoms with Crippen LogP contribution in [0, 0.1) is 5.82 Å². The van der Waals surface area contributed by atoms with Crippen LogP contribution in [0.1, 0.15) is 21.5 Å². The summed E-state index contributed by atoms with van der Waals surface area (Å²) in [5.41, 5.74) is 2.95. The number of hydrogen-bond donors (Lipinski definition) is 2. The van der Waals surface area contributed by atoms with Crippen LogP contribution in [0.4, 0.5) is 4.39 Å². The zero-order valence-corrected chi connectivity index (χ0v) is 18.6. The number of carbonyl (C=O) groups excluding carboxylic acids is 2. The molecule has 0 saturated carbocycles. The largest absolute Gasteiger partial charge is 0.354 e. The van der Waals surface area contributed by atoms with Crippen molar-refractivity contribution < 1.29 is 14.0 Å². The van der Waals surface area contributed by atoms with E-state index in [1.807, 2.05) is 47.8 Å². The Bertz CT molecular complexity index is 1210. The van der Waals surface area contributed by atoms with Crippen LogP contribution in [0.5, 0.6) is 0 Å². The van der Waals surface area contributed by atoms with Crippen LogP contribution in [0.25, 0.3) is 10.6 Å². The maximum Gasteiger partial charge on any atom is 0.255 e. The third-order valence-corrected chi connectivity index (χ3v) is 5.84. The quantitative estimate of drug-likeness (QED) is 0.371. The van der Waals surface area contributed by atoms with E-state index in [0.717, 1.165) is 16.0 Å². The van der Waals surface area contributed by atoms with E-state index in [9.17, 15) is 14.0 Å². The summed E-state index contributed by atoms with van der Waals surface area (Å²) in [6.07, 6.45) is 1.91. The fraction of sp³-hybridized carbons (Fsp3) is 0.160. The van der Waals surface area contributed by atoms with Crippen LogP contribution in [0.2, 0.25) is 0 Å². The number of hydrogen-bond acceptors (Lipinski definition) is 4. The van der Waals surface area contributed by atoms with E-state index < -0.39 is 0 Å². The summed E-state index contributed by atoms with van der Waals surface area (Å²) in [7, 11) is 0. The molecule has 8 heteroatoms. The molecule has 2 heterocycles. The topological polar surface area (TPSA) is 76.0 Å². The summed E-state index contributed by atoms with van der Waals surface area (Å²) in [6, 6.07) is 19.6. The SMILES string of the molecule is O=C(Cc1ccc(F)cc1)NCCNC(=O)c1cn(Cc2ccccc2)nc1-c1cccs1. The highest BCUT2D eigenvalue weighted by Crippen LogP contribution is 2.27. The Balaban J connectivity index is 1.35. The molecule has 0 aliphatic heterocycles. The third-order valence-electron chi connectivity index (χ3n) is 4.96. The molecule has 2 aromatic carbocycles. The standard InChI is InChI=1S/C25H23FN4O2S/c26-20-10-8-18(9-11-20)15-23(31)27-12-13-28-25(32)21-17-30(16-19-5-2-1-3-6-19)29-24(21)22-7-4-14-33-22/h1-11,14,17H,12-13,15-16H2,(H,27,31)(H,28,32). The predicted molar refractivity (Wildman–Crippen MR) is 127 cm³/mol. The maximum atomic E-state index is 13.0. The number of nitrogens with zero attached hydrogens (tertiary/aromatic N) is 2. The molecule has 0 spiro atoms. The molecule has 0 unspecified atom stereocenters. The zero-order chi connectivity index (χ0) is 23.0. The molecule has 0 bridgehead atoms. The molecule has 0 radical (unpaired) electrons. The van der Waals surface area contributed by atoms with Gasteiger partial charge in [-0.05, 0) is 34.7 Å². The Labute approximate surface area is 195 Å². The van der Waals surface area contributed by atoms with Gasteiger partial charge in [0.1, 0.15) is 11.5 Å². The first-order chi connectivity index (χ1) is 16.1. The second kappa shape index (κ2) is 10.7. The van der Waals surface area contributed by atoms with Gasteiger partial charge in [0.05, 0.1) is 23.4 Å². The minimum Gasteiger partial charge on any atom is -0.354 e. The first-order valence-electron chi connectivity index (χ1n) is 10.5. The lowest BCUT2D eigenvalue weighted by atomic mass is 10.1. The Kier molecular flexibility index (Phi) is 7.26. The molecule has 0 saturated heterocycles. The summed E-state index contributed by atoms with van der Waals surface area (Å²) in [5.74, 6) is -0.771. The molecule has 2 amide bonds. The lowest BCUT2D eigenvalue weighted by Gasteiger charge is -2.07. The minimum absolute atomic E-state index is 0.156. The highest BCUT2D eigenvalue weighted by Gasteiger charge is 2.18. The van der Waals surface area contributed by atoms with E-state index in [2.05, 4.69) is 15.7 Å². The monoisotopic (exact) mass is 462 g/mol. The molecule has 4 aromatic rings. The van der Waals surface area contributed by atoms with E-state index in [1.165, 1.54) is 23.5 Å². The number of nitrogens with one attached hydrogen (secondary N) is 2. The van der Waals surface area contributed by atoms with Gasteiger partial charge in [0.2, 0.25) is 5.91 Å². The van der Waals surface area contributed by atoms with Crippen molar-refractivity contribution in [2.75, 3.05) is 13.1 Å². The van der Waals surface area contributed by atoms with Gasteiger partial charge in [0.15, 0.2) is 0 Å². The molecule has 6 nitrogen and oxygen atoms in total. The minimum atomic E-state index is -0.337. The van der Waals surface area contributed by atoms with E-state index in [4.69, 9.17) is 0 Å².